The van der Waals surface area contributed by atoms with Crippen LogP contribution in [0, 0.1) is 13.8 Å². The van der Waals surface area contributed by atoms with Crippen LogP contribution in [0.5, 0.6) is 0 Å². The van der Waals surface area contributed by atoms with E-state index < -0.39 is 0 Å². The minimum absolute atomic E-state index is 0.167. The molecule has 0 bridgehead atoms. The third-order valence-corrected chi connectivity index (χ3v) is 5.72. The number of carbonyl (C=O) groups excluding carboxylic acids is 1. The summed E-state index contributed by atoms with van der Waals surface area (Å²) in [6, 6.07) is 17.9. The van der Waals surface area contributed by atoms with Crippen molar-refractivity contribution in [3.63, 3.8) is 0 Å². The van der Waals surface area contributed by atoms with Gasteiger partial charge in [-0.1, -0.05) is 48.0 Å². The molecule has 0 fully saturated rings. The number of amides is 1. The second kappa shape index (κ2) is 6.83. The van der Waals surface area contributed by atoms with Crippen LogP contribution in [0.1, 0.15) is 21.7 Å². The van der Waals surface area contributed by atoms with Crippen molar-refractivity contribution in [2.45, 2.75) is 13.8 Å². The molecular weight excluding hydrogens is 380 g/mol. The maximum absolute atomic E-state index is 13.1. The number of benzene rings is 2. The van der Waals surface area contributed by atoms with E-state index in [4.69, 9.17) is 0 Å². The van der Waals surface area contributed by atoms with Crippen LogP contribution in [0.15, 0.2) is 66.2 Å². The number of imidazole rings is 1. The maximum Gasteiger partial charge on any atom is 0.273 e. The highest BCUT2D eigenvalue weighted by atomic mass is 32.1. The molecule has 0 atom stereocenters. The van der Waals surface area contributed by atoms with Gasteiger partial charge in [-0.05, 0) is 26.0 Å². The Balaban J connectivity index is 1.51. The van der Waals surface area contributed by atoms with Crippen LogP contribution in [0.4, 0.5) is 5.69 Å². The molecule has 3 heterocycles. The first-order valence-electron chi connectivity index (χ1n) is 9.30. The lowest BCUT2D eigenvalue weighted by molar-refractivity contribution is 0.102. The highest BCUT2D eigenvalue weighted by Gasteiger charge is 2.16. The topological polar surface area (TPSA) is 59.3 Å². The molecule has 0 unspecified atom stereocenters. The van der Waals surface area contributed by atoms with Crippen LogP contribution < -0.4 is 5.32 Å². The van der Waals surface area contributed by atoms with Gasteiger partial charge in [0.25, 0.3) is 5.91 Å². The average Bonchev–Trinajstić information content (AvgIpc) is 3.29. The zero-order valence-electron chi connectivity index (χ0n) is 16.0. The van der Waals surface area contributed by atoms with E-state index in [0.29, 0.717) is 5.69 Å². The number of nitrogens with zero attached hydrogens (tertiary/aromatic N) is 3. The fraction of sp³-hybridized carbons (Fsp3) is 0.0870. The number of para-hydroxylation sites is 1. The number of carbonyl (C=O) groups is 1. The Morgan fingerprint density at radius 3 is 2.66 bits per heavy atom. The molecule has 2 aromatic carbocycles. The average molecular weight is 398 g/mol. The van der Waals surface area contributed by atoms with Crippen LogP contribution >= 0.6 is 11.3 Å². The Morgan fingerprint density at radius 1 is 1.03 bits per heavy atom. The number of anilines is 1. The summed E-state index contributed by atoms with van der Waals surface area (Å²) in [5.74, 6) is -0.167. The van der Waals surface area contributed by atoms with Gasteiger partial charge in [0, 0.05) is 28.2 Å². The molecule has 5 rings (SSSR count). The molecule has 0 spiro atoms. The molecule has 3 aromatic heterocycles. The molecule has 0 saturated carbocycles. The van der Waals surface area contributed by atoms with Crippen molar-refractivity contribution in [3.05, 3.63) is 83.1 Å². The SMILES string of the molecule is Cc1ccc(-c2cn3c(C(=O)Nc4cc(C)nc5ccccc45)csc3n2)cc1. The molecule has 0 aliphatic rings. The van der Waals surface area contributed by atoms with Gasteiger partial charge in [0.2, 0.25) is 0 Å². The minimum atomic E-state index is -0.167. The van der Waals surface area contributed by atoms with Gasteiger partial charge in [-0.15, -0.1) is 11.3 Å². The maximum atomic E-state index is 13.1. The molecule has 5 nitrogen and oxygen atoms in total. The summed E-state index contributed by atoms with van der Waals surface area (Å²) in [6.07, 6.45) is 1.92. The van der Waals surface area contributed by atoms with Crippen LogP contribution in [0.2, 0.25) is 0 Å². The summed E-state index contributed by atoms with van der Waals surface area (Å²) in [7, 11) is 0. The van der Waals surface area contributed by atoms with Gasteiger partial charge < -0.3 is 5.32 Å². The van der Waals surface area contributed by atoms with Crippen molar-refractivity contribution in [1.82, 2.24) is 14.4 Å². The van der Waals surface area contributed by atoms with E-state index in [2.05, 4.69) is 34.3 Å². The van der Waals surface area contributed by atoms with Gasteiger partial charge >= 0.3 is 0 Å². The first-order valence-corrected chi connectivity index (χ1v) is 10.2. The Kier molecular flexibility index (Phi) is 4.14. The normalized spacial score (nSPS) is 11.2. The molecule has 0 aliphatic heterocycles. The van der Waals surface area contributed by atoms with E-state index in [0.717, 1.165) is 38.5 Å². The first-order chi connectivity index (χ1) is 14.1. The van der Waals surface area contributed by atoms with Crippen LogP contribution in [0.25, 0.3) is 27.1 Å². The van der Waals surface area contributed by atoms with Gasteiger partial charge in [0.1, 0.15) is 5.69 Å². The van der Waals surface area contributed by atoms with Gasteiger partial charge in [0.15, 0.2) is 4.96 Å². The number of aryl methyl sites for hydroxylation is 2. The fourth-order valence-corrected chi connectivity index (χ4v) is 4.26. The van der Waals surface area contributed by atoms with Crippen LogP contribution in [0.3, 0.4) is 0 Å². The molecule has 0 radical (unpaired) electrons. The highest BCUT2D eigenvalue weighted by Crippen LogP contribution is 2.26. The monoisotopic (exact) mass is 398 g/mol. The molecule has 6 heteroatoms. The number of fused-ring (bicyclic) bond motifs is 2. The molecule has 1 amide bonds. The quantitative estimate of drug-likeness (QED) is 0.438. The zero-order valence-corrected chi connectivity index (χ0v) is 16.8. The number of pyridine rings is 1. The van der Waals surface area contributed by atoms with E-state index in [-0.39, 0.29) is 5.91 Å². The van der Waals surface area contributed by atoms with Crippen molar-refractivity contribution in [3.8, 4) is 11.3 Å². The third kappa shape index (κ3) is 3.17. The predicted octanol–water partition coefficient (Wildman–Crippen LogP) is 5.48. The summed E-state index contributed by atoms with van der Waals surface area (Å²) in [6.45, 7) is 3.98. The molecular formula is C23H18N4OS. The molecule has 0 saturated heterocycles. The van der Waals surface area contributed by atoms with E-state index >= 15 is 0 Å². The van der Waals surface area contributed by atoms with Crippen LogP contribution in [-0.2, 0) is 0 Å². The Bertz CT molecular complexity index is 1370. The Labute approximate surface area is 171 Å². The van der Waals surface area contributed by atoms with E-state index in [1.54, 1.807) is 0 Å². The third-order valence-electron chi connectivity index (χ3n) is 4.88. The second-order valence-electron chi connectivity index (χ2n) is 7.05. The fourth-order valence-electron chi connectivity index (χ4n) is 3.41. The van der Waals surface area contributed by atoms with E-state index in [1.807, 2.05) is 65.4 Å². The van der Waals surface area contributed by atoms with Crippen molar-refractivity contribution in [2.24, 2.45) is 0 Å². The van der Waals surface area contributed by atoms with Crippen molar-refractivity contribution in [2.75, 3.05) is 5.32 Å². The largest absolute Gasteiger partial charge is 0.320 e. The van der Waals surface area contributed by atoms with E-state index in [9.17, 15) is 4.79 Å². The zero-order chi connectivity index (χ0) is 20.0. The van der Waals surface area contributed by atoms with Gasteiger partial charge in [-0.25, -0.2) is 4.98 Å². The first kappa shape index (κ1) is 17.6. The lowest BCUT2D eigenvalue weighted by Crippen LogP contribution is -2.14. The Morgan fingerprint density at radius 2 is 1.83 bits per heavy atom. The number of hydrogen-bond donors (Lipinski definition) is 1. The summed E-state index contributed by atoms with van der Waals surface area (Å²) in [5.41, 5.74) is 6.14. The lowest BCUT2D eigenvalue weighted by atomic mass is 10.1. The van der Waals surface area contributed by atoms with E-state index in [1.165, 1.54) is 16.9 Å². The number of thiazole rings is 1. The number of hydrogen-bond acceptors (Lipinski definition) is 4. The van der Waals surface area contributed by atoms with Gasteiger partial charge in [-0.2, -0.15) is 0 Å². The van der Waals surface area contributed by atoms with Crippen molar-refractivity contribution in [1.29, 1.82) is 0 Å². The van der Waals surface area contributed by atoms with Gasteiger partial charge in [-0.3, -0.25) is 14.2 Å². The Hall–Kier alpha value is -3.51. The standard InChI is InChI=1S/C23H18N4OS/c1-14-7-9-16(10-8-14)20-12-27-21(13-29-23(27)26-20)22(28)25-19-11-15(2)24-18-6-4-3-5-17(18)19/h3-13H,1-2H3,(H,24,25,28). The van der Waals surface area contributed by atoms with Crippen molar-refractivity contribution >= 4 is 38.8 Å². The number of rotatable bonds is 3. The number of aromatic nitrogens is 3. The second-order valence-corrected chi connectivity index (χ2v) is 7.88. The summed E-state index contributed by atoms with van der Waals surface area (Å²) < 4.78 is 1.85. The molecule has 1 N–H and O–H groups in total. The molecule has 5 aromatic rings. The molecule has 0 aliphatic carbocycles. The summed E-state index contributed by atoms with van der Waals surface area (Å²) in [4.78, 5) is 23.1. The summed E-state index contributed by atoms with van der Waals surface area (Å²) in [5, 5.41) is 5.82. The minimum Gasteiger partial charge on any atom is -0.320 e. The van der Waals surface area contributed by atoms with Crippen molar-refractivity contribution < 1.29 is 4.79 Å². The lowest BCUT2D eigenvalue weighted by Gasteiger charge is -2.09. The molecule has 142 valence electrons. The highest BCUT2D eigenvalue weighted by molar-refractivity contribution is 7.15. The van der Waals surface area contributed by atoms with Crippen LogP contribution in [-0.4, -0.2) is 20.3 Å². The predicted molar refractivity (Wildman–Crippen MR) is 118 cm³/mol. The van der Waals surface area contributed by atoms with Gasteiger partial charge in [0.05, 0.1) is 16.9 Å². The summed E-state index contributed by atoms with van der Waals surface area (Å²) >= 11 is 1.46. The smallest absolute Gasteiger partial charge is 0.273 e. The molecule has 29 heavy (non-hydrogen) atoms. The number of nitrogens with one attached hydrogen (secondary N) is 1.